The Morgan fingerprint density at radius 3 is 2.37 bits per heavy atom. The van der Waals surface area contributed by atoms with Crippen molar-refractivity contribution in [2.75, 3.05) is 32.8 Å². The molecule has 1 saturated heterocycles. The van der Waals surface area contributed by atoms with Crippen LogP contribution >= 0.6 is 23.2 Å². The normalized spacial score (nSPS) is 17.4. The van der Waals surface area contributed by atoms with Gasteiger partial charge in [0.2, 0.25) is 0 Å². The number of H-pyrrole nitrogens is 1. The molecule has 1 N–H and O–H groups in total. The molecule has 0 bridgehead atoms. The summed E-state index contributed by atoms with van der Waals surface area (Å²) in [4.78, 5) is 21.4. The van der Waals surface area contributed by atoms with Gasteiger partial charge >= 0.3 is 6.09 Å². The molecule has 0 aliphatic carbocycles. The molecule has 214 valence electrons. The Hall–Kier alpha value is -3.19. The lowest BCUT2D eigenvalue weighted by Gasteiger charge is -2.35. The van der Waals surface area contributed by atoms with E-state index in [1.165, 1.54) is 37.9 Å². The third-order valence-corrected chi connectivity index (χ3v) is 8.61. The van der Waals surface area contributed by atoms with Crippen LogP contribution in [0.4, 0.5) is 4.79 Å². The van der Waals surface area contributed by atoms with E-state index in [9.17, 15) is 4.79 Å². The largest absolute Gasteiger partial charge is 0.494 e. The van der Waals surface area contributed by atoms with Crippen molar-refractivity contribution in [3.8, 4) is 11.5 Å². The van der Waals surface area contributed by atoms with Crippen molar-refractivity contribution in [2.45, 2.75) is 44.6 Å². The van der Waals surface area contributed by atoms with E-state index in [1.807, 2.05) is 42.5 Å². The van der Waals surface area contributed by atoms with Crippen LogP contribution in [-0.4, -0.2) is 53.7 Å². The fraction of sp³-hybridized carbons (Fsp3) is 0.364. The number of carbonyl (C=O) groups excluding carboxylic acids is 1. The minimum atomic E-state index is -0.409. The number of halogens is 2. The molecular weight excluding hydrogens is 557 g/mol. The first kappa shape index (κ1) is 28.0. The fourth-order valence-electron chi connectivity index (χ4n) is 6.02. The zero-order chi connectivity index (χ0) is 28.2. The van der Waals surface area contributed by atoms with Crippen LogP contribution < -0.4 is 9.47 Å². The monoisotopic (exact) mass is 591 g/mol. The van der Waals surface area contributed by atoms with Gasteiger partial charge in [-0.3, -0.25) is 4.90 Å². The van der Waals surface area contributed by atoms with Crippen molar-refractivity contribution < 1.29 is 14.3 Å². The fourth-order valence-corrected chi connectivity index (χ4v) is 6.32. The average Bonchev–Trinajstić information content (AvgIpc) is 3.36. The molecule has 6 rings (SSSR count). The molecule has 1 unspecified atom stereocenters. The Kier molecular flexibility index (Phi) is 8.70. The highest BCUT2D eigenvalue weighted by molar-refractivity contribution is 6.31. The zero-order valence-corrected chi connectivity index (χ0v) is 24.6. The highest BCUT2D eigenvalue weighted by Crippen LogP contribution is 2.40. The number of piperidine rings is 1. The van der Waals surface area contributed by atoms with E-state index in [-0.39, 0.29) is 6.04 Å². The Labute approximate surface area is 251 Å². The molecule has 41 heavy (non-hydrogen) atoms. The quantitative estimate of drug-likeness (QED) is 0.209. The van der Waals surface area contributed by atoms with E-state index in [2.05, 4.69) is 9.88 Å². The number of amides is 1. The smallest absolute Gasteiger partial charge is 0.416 e. The van der Waals surface area contributed by atoms with Crippen LogP contribution in [0.1, 0.15) is 55.0 Å². The Morgan fingerprint density at radius 1 is 0.854 bits per heavy atom. The third kappa shape index (κ3) is 6.50. The SMILES string of the molecule is O=C(Oc1ccc(Cl)cc1)N1CCc2c([nH]c3ccc(Cl)cc23)C1c1ccc(OCCCCN2CCCCC2)cc1. The lowest BCUT2D eigenvalue weighted by molar-refractivity contribution is 0.135. The van der Waals surface area contributed by atoms with Gasteiger partial charge in [0.25, 0.3) is 0 Å². The van der Waals surface area contributed by atoms with Gasteiger partial charge in [0, 0.05) is 33.2 Å². The summed E-state index contributed by atoms with van der Waals surface area (Å²) in [5.74, 6) is 1.29. The first-order valence-electron chi connectivity index (χ1n) is 14.5. The van der Waals surface area contributed by atoms with Gasteiger partial charge in [0.05, 0.1) is 6.61 Å². The van der Waals surface area contributed by atoms with E-state index in [4.69, 9.17) is 32.7 Å². The van der Waals surface area contributed by atoms with Gasteiger partial charge in [-0.15, -0.1) is 0 Å². The molecule has 3 aromatic carbocycles. The van der Waals surface area contributed by atoms with Crippen molar-refractivity contribution in [1.82, 2.24) is 14.8 Å². The molecule has 0 saturated carbocycles. The van der Waals surface area contributed by atoms with Gasteiger partial charge < -0.3 is 19.4 Å². The van der Waals surface area contributed by atoms with E-state index >= 15 is 0 Å². The van der Waals surface area contributed by atoms with Crippen LogP contribution in [0.25, 0.3) is 10.9 Å². The summed E-state index contributed by atoms with van der Waals surface area (Å²) in [6.45, 7) is 4.84. The molecule has 1 aromatic heterocycles. The number of hydrogen-bond acceptors (Lipinski definition) is 4. The maximum atomic E-state index is 13.5. The van der Waals surface area contributed by atoms with Crippen LogP contribution in [0.5, 0.6) is 11.5 Å². The molecule has 8 heteroatoms. The summed E-state index contributed by atoms with van der Waals surface area (Å²) in [7, 11) is 0. The Balaban J connectivity index is 1.19. The second-order valence-electron chi connectivity index (χ2n) is 10.9. The second-order valence-corrected chi connectivity index (χ2v) is 11.8. The predicted molar refractivity (Wildman–Crippen MR) is 164 cm³/mol. The zero-order valence-electron chi connectivity index (χ0n) is 23.1. The maximum absolute atomic E-state index is 13.5. The number of carbonyl (C=O) groups is 1. The number of hydrogen-bond donors (Lipinski definition) is 1. The third-order valence-electron chi connectivity index (χ3n) is 8.12. The Bertz CT molecular complexity index is 1480. The molecule has 2 aliphatic heterocycles. The number of fused-ring (bicyclic) bond motifs is 3. The van der Waals surface area contributed by atoms with E-state index in [0.29, 0.717) is 35.4 Å². The molecule has 1 fully saturated rings. The molecule has 2 aliphatic rings. The number of likely N-dealkylation sites (tertiary alicyclic amines) is 1. The molecule has 0 spiro atoms. The summed E-state index contributed by atoms with van der Waals surface area (Å²) in [6, 6.07) is 20.4. The van der Waals surface area contributed by atoms with Gasteiger partial charge in [-0.1, -0.05) is 41.8 Å². The molecule has 6 nitrogen and oxygen atoms in total. The van der Waals surface area contributed by atoms with Gasteiger partial charge in [-0.2, -0.15) is 0 Å². The summed E-state index contributed by atoms with van der Waals surface area (Å²) in [5, 5.41) is 2.37. The number of unbranched alkanes of at least 4 members (excludes halogenated alkanes) is 1. The van der Waals surface area contributed by atoms with Crippen LogP contribution in [-0.2, 0) is 6.42 Å². The van der Waals surface area contributed by atoms with Crippen molar-refractivity contribution in [2.24, 2.45) is 0 Å². The van der Waals surface area contributed by atoms with Crippen molar-refractivity contribution in [3.05, 3.63) is 93.6 Å². The van der Waals surface area contributed by atoms with E-state index < -0.39 is 6.09 Å². The highest BCUT2D eigenvalue weighted by Gasteiger charge is 2.35. The van der Waals surface area contributed by atoms with Gasteiger partial charge in [0.15, 0.2) is 0 Å². The lowest BCUT2D eigenvalue weighted by Crippen LogP contribution is -2.42. The minimum Gasteiger partial charge on any atom is -0.494 e. The molecule has 0 radical (unpaired) electrons. The number of benzene rings is 3. The summed E-state index contributed by atoms with van der Waals surface area (Å²) in [5.41, 5.74) is 4.14. The molecule has 1 amide bonds. The molecule has 3 heterocycles. The van der Waals surface area contributed by atoms with Crippen LogP contribution in [0, 0.1) is 0 Å². The van der Waals surface area contributed by atoms with Crippen molar-refractivity contribution >= 4 is 40.2 Å². The first-order chi connectivity index (χ1) is 20.0. The second kappa shape index (κ2) is 12.8. The van der Waals surface area contributed by atoms with Crippen molar-refractivity contribution in [1.29, 1.82) is 0 Å². The molecule has 1 atom stereocenters. The van der Waals surface area contributed by atoms with Gasteiger partial charge in [0.1, 0.15) is 17.5 Å². The summed E-state index contributed by atoms with van der Waals surface area (Å²) >= 11 is 12.4. The van der Waals surface area contributed by atoms with Crippen LogP contribution in [0.15, 0.2) is 66.7 Å². The van der Waals surface area contributed by atoms with Crippen molar-refractivity contribution in [3.63, 3.8) is 0 Å². The number of aromatic amines is 1. The summed E-state index contributed by atoms with van der Waals surface area (Å²) in [6.07, 6.45) is 6.49. The maximum Gasteiger partial charge on any atom is 0.416 e. The van der Waals surface area contributed by atoms with Crippen LogP contribution in [0.2, 0.25) is 10.0 Å². The number of rotatable bonds is 8. The van der Waals surface area contributed by atoms with E-state index in [1.54, 1.807) is 29.2 Å². The first-order valence-corrected chi connectivity index (χ1v) is 15.3. The Morgan fingerprint density at radius 2 is 1.59 bits per heavy atom. The highest BCUT2D eigenvalue weighted by atomic mass is 35.5. The number of ether oxygens (including phenoxy) is 2. The summed E-state index contributed by atoms with van der Waals surface area (Å²) < 4.78 is 11.9. The van der Waals surface area contributed by atoms with Crippen LogP contribution in [0.3, 0.4) is 0 Å². The number of nitrogens with zero attached hydrogens (tertiary/aromatic N) is 2. The number of aromatic nitrogens is 1. The average molecular weight is 593 g/mol. The lowest BCUT2D eigenvalue weighted by atomic mass is 9.92. The molecular formula is C33H35Cl2N3O3. The predicted octanol–water partition coefficient (Wildman–Crippen LogP) is 8.27. The molecule has 4 aromatic rings. The topological polar surface area (TPSA) is 57.8 Å². The van der Waals surface area contributed by atoms with Gasteiger partial charge in [-0.25, -0.2) is 4.79 Å². The number of nitrogens with one attached hydrogen (secondary N) is 1. The van der Waals surface area contributed by atoms with Gasteiger partial charge in [-0.05, 0) is 117 Å². The standard InChI is InChI=1S/C33H35Cl2N3O3/c34-24-8-13-27(14-9-24)41-33(39)38-20-16-28-29-22-25(35)10-15-30(29)36-31(28)32(38)23-6-11-26(12-7-23)40-21-5-4-19-37-17-2-1-3-18-37/h6-15,22,32,36H,1-5,16-21H2. The minimum absolute atomic E-state index is 0.344. The van der Waals surface area contributed by atoms with E-state index in [0.717, 1.165) is 47.3 Å².